The fraction of sp³-hybridized carbons (Fsp3) is 0.182. The Bertz CT molecular complexity index is 1030. The zero-order valence-electron chi connectivity index (χ0n) is 15.1. The monoisotopic (exact) mass is 384 g/mol. The van der Waals surface area contributed by atoms with Crippen LogP contribution in [0.25, 0.3) is 11.4 Å². The maximum absolute atomic E-state index is 14.4. The summed E-state index contributed by atoms with van der Waals surface area (Å²) in [6.45, 7) is 2.08. The highest BCUT2D eigenvalue weighted by atomic mass is 19.2. The lowest BCUT2D eigenvalue weighted by Crippen LogP contribution is -1.97. The molecule has 0 unspecified atom stereocenters. The lowest BCUT2D eigenvalue weighted by Gasteiger charge is -2.05. The Morgan fingerprint density at radius 3 is 2.11 bits per heavy atom. The summed E-state index contributed by atoms with van der Waals surface area (Å²) in [5.41, 5.74) is 0.789. The van der Waals surface area contributed by atoms with E-state index in [0.29, 0.717) is 0 Å². The van der Waals surface area contributed by atoms with Crippen LogP contribution in [0.4, 0.5) is 17.6 Å². The molecule has 0 saturated heterocycles. The molecule has 0 fully saturated rings. The average Bonchev–Trinajstić information content (AvgIpc) is 2.68. The Labute approximate surface area is 160 Å². The highest BCUT2D eigenvalue weighted by molar-refractivity contribution is 5.58. The van der Waals surface area contributed by atoms with Crippen molar-refractivity contribution in [3.63, 3.8) is 0 Å². The SMILES string of the molecule is CCCCc1cnc(-c2cc(F)c(C#Cc3ccc(F)c(F)c3)c(F)c2)nc1. The number of rotatable bonds is 4. The topological polar surface area (TPSA) is 25.8 Å². The molecular weight excluding hydrogens is 368 g/mol. The molecule has 0 aliphatic carbocycles. The zero-order valence-corrected chi connectivity index (χ0v) is 15.1. The van der Waals surface area contributed by atoms with Crippen LogP contribution >= 0.6 is 0 Å². The minimum absolute atomic E-state index is 0.104. The molecule has 0 N–H and O–H groups in total. The van der Waals surface area contributed by atoms with E-state index >= 15 is 0 Å². The van der Waals surface area contributed by atoms with Crippen molar-refractivity contribution in [3.05, 3.63) is 82.7 Å². The van der Waals surface area contributed by atoms with Gasteiger partial charge in [-0.25, -0.2) is 27.5 Å². The smallest absolute Gasteiger partial charge is 0.160 e. The molecule has 0 radical (unpaired) electrons. The van der Waals surface area contributed by atoms with Crippen LogP contribution in [0.3, 0.4) is 0 Å². The van der Waals surface area contributed by atoms with E-state index in [1.807, 2.05) is 0 Å². The van der Waals surface area contributed by atoms with E-state index in [9.17, 15) is 17.6 Å². The standard InChI is InChI=1S/C22H16F4N2/c1-2-3-4-15-12-27-22(28-13-15)16-10-19(24)17(20(25)11-16)7-5-14-6-8-18(23)21(26)9-14/h6,8-13H,2-4H2,1H3. The van der Waals surface area contributed by atoms with Crippen molar-refractivity contribution < 1.29 is 17.6 Å². The molecule has 1 aromatic heterocycles. The van der Waals surface area contributed by atoms with Gasteiger partial charge in [0.2, 0.25) is 0 Å². The average molecular weight is 384 g/mol. The molecule has 0 atom stereocenters. The van der Waals surface area contributed by atoms with Crippen LogP contribution in [0.15, 0.2) is 42.7 Å². The number of hydrogen-bond acceptors (Lipinski definition) is 2. The van der Waals surface area contributed by atoms with Gasteiger partial charge in [0.1, 0.15) is 11.6 Å². The van der Waals surface area contributed by atoms with Crippen molar-refractivity contribution in [2.45, 2.75) is 26.2 Å². The Hall–Kier alpha value is -3.20. The highest BCUT2D eigenvalue weighted by Gasteiger charge is 2.12. The van der Waals surface area contributed by atoms with Gasteiger partial charge >= 0.3 is 0 Å². The zero-order chi connectivity index (χ0) is 20.1. The summed E-state index contributed by atoms with van der Waals surface area (Å²) in [6.07, 6.45) is 6.19. The fourth-order valence-corrected chi connectivity index (χ4v) is 2.54. The van der Waals surface area contributed by atoms with E-state index in [2.05, 4.69) is 28.7 Å². The molecule has 0 saturated carbocycles. The first-order valence-electron chi connectivity index (χ1n) is 8.75. The Balaban J connectivity index is 1.87. The fourth-order valence-electron chi connectivity index (χ4n) is 2.54. The minimum Gasteiger partial charge on any atom is -0.236 e. The predicted octanol–water partition coefficient (Wildman–Crippen LogP) is 5.44. The van der Waals surface area contributed by atoms with Crippen molar-refractivity contribution in [2.24, 2.45) is 0 Å². The first-order valence-corrected chi connectivity index (χ1v) is 8.75. The second-order valence-corrected chi connectivity index (χ2v) is 6.21. The molecule has 6 heteroatoms. The molecule has 0 spiro atoms. The van der Waals surface area contributed by atoms with Crippen molar-refractivity contribution in [2.75, 3.05) is 0 Å². The molecule has 2 nitrogen and oxygen atoms in total. The van der Waals surface area contributed by atoms with Crippen LogP contribution in [0.2, 0.25) is 0 Å². The predicted molar refractivity (Wildman–Crippen MR) is 98.3 cm³/mol. The third kappa shape index (κ3) is 4.55. The number of aromatic nitrogens is 2. The third-order valence-electron chi connectivity index (χ3n) is 4.08. The lowest BCUT2D eigenvalue weighted by atomic mass is 10.1. The van der Waals surface area contributed by atoms with Crippen molar-refractivity contribution in [3.8, 4) is 23.2 Å². The van der Waals surface area contributed by atoms with Crippen molar-refractivity contribution in [1.29, 1.82) is 0 Å². The van der Waals surface area contributed by atoms with Gasteiger partial charge in [-0.1, -0.05) is 25.2 Å². The summed E-state index contributed by atoms with van der Waals surface area (Å²) < 4.78 is 54.8. The Morgan fingerprint density at radius 1 is 0.821 bits per heavy atom. The molecule has 28 heavy (non-hydrogen) atoms. The molecule has 0 aliphatic heterocycles. The highest BCUT2D eigenvalue weighted by Crippen LogP contribution is 2.22. The molecule has 142 valence electrons. The van der Waals surface area contributed by atoms with E-state index in [4.69, 9.17) is 0 Å². The first-order chi connectivity index (χ1) is 13.5. The van der Waals surface area contributed by atoms with Gasteiger partial charge in [-0.2, -0.15) is 0 Å². The largest absolute Gasteiger partial charge is 0.236 e. The molecule has 3 rings (SSSR count). The summed E-state index contributed by atoms with van der Waals surface area (Å²) in [5, 5.41) is 0. The van der Waals surface area contributed by atoms with Gasteiger partial charge in [0.25, 0.3) is 0 Å². The van der Waals surface area contributed by atoms with Gasteiger partial charge in [-0.05, 0) is 48.7 Å². The van der Waals surface area contributed by atoms with Crippen LogP contribution in [-0.2, 0) is 6.42 Å². The number of benzene rings is 2. The van der Waals surface area contributed by atoms with Gasteiger partial charge in [0.05, 0.1) is 5.56 Å². The van der Waals surface area contributed by atoms with Crippen LogP contribution in [0, 0.1) is 35.1 Å². The van der Waals surface area contributed by atoms with E-state index in [0.717, 1.165) is 49.1 Å². The second-order valence-electron chi connectivity index (χ2n) is 6.21. The van der Waals surface area contributed by atoms with Gasteiger partial charge in [0, 0.05) is 23.5 Å². The van der Waals surface area contributed by atoms with Crippen LogP contribution < -0.4 is 0 Å². The Kier molecular flexibility index (Phi) is 6.05. The first kappa shape index (κ1) is 19.6. The molecule has 1 heterocycles. The van der Waals surface area contributed by atoms with Crippen LogP contribution in [-0.4, -0.2) is 9.97 Å². The molecule has 0 aliphatic rings. The quantitative estimate of drug-likeness (QED) is 0.442. The normalized spacial score (nSPS) is 10.5. The summed E-state index contributed by atoms with van der Waals surface area (Å²) >= 11 is 0. The van der Waals surface area contributed by atoms with Crippen molar-refractivity contribution in [1.82, 2.24) is 9.97 Å². The summed E-state index contributed by atoms with van der Waals surface area (Å²) in [4.78, 5) is 8.34. The van der Waals surface area contributed by atoms with E-state index in [-0.39, 0.29) is 17.0 Å². The molecule has 0 amide bonds. The summed E-state index contributed by atoms with van der Waals surface area (Å²) in [6, 6.07) is 5.18. The number of unbranched alkanes of at least 4 members (excludes halogenated alkanes) is 1. The van der Waals surface area contributed by atoms with Crippen LogP contribution in [0.5, 0.6) is 0 Å². The second kappa shape index (κ2) is 8.66. The lowest BCUT2D eigenvalue weighted by molar-refractivity contribution is 0.508. The number of nitrogens with zero attached hydrogens (tertiary/aromatic N) is 2. The number of hydrogen-bond donors (Lipinski definition) is 0. The number of halogens is 4. The maximum Gasteiger partial charge on any atom is 0.160 e. The summed E-state index contributed by atoms with van der Waals surface area (Å²) in [5.74, 6) is 1.09. The van der Waals surface area contributed by atoms with Crippen LogP contribution in [0.1, 0.15) is 36.5 Å². The van der Waals surface area contributed by atoms with E-state index in [1.165, 1.54) is 6.07 Å². The van der Waals surface area contributed by atoms with E-state index in [1.54, 1.807) is 12.4 Å². The Morgan fingerprint density at radius 2 is 1.50 bits per heavy atom. The molecule has 2 aromatic carbocycles. The number of aryl methyl sites for hydroxylation is 1. The molecular formula is C22H16F4N2. The van der Waals surface area contributed by atoms with Gasteiger partial charge in [0.15, 0.2) is 17.5 Å². The van der Waals surface area contributed by atoms with Crippen molar-refractivity contribution >= 4 is 0 Å². The molecule has 3 aromatic rings. The summed E-state index contributed by atoms with van der Waals surface area (Å²) in [7, 11) is 0. The molecule has 0 bridgehead atoms. The van der Waals surface area contributed by atoms with E-state index < -0.39 is 28.8 Å². The van der Waals surface area contributed by atoms with Gasteiger partial charge in [-0.3, -0.25) is 0 Å². The maximum atomic E-state index is 14.4. The minimum atomic E-state index is -1.08. The van der Waals surface area contributed by atoms with Gasteiger partial charge < -0.3 is 0 Å². The van der Waals surface area contributed by atoms with Gasteiger partial charge in [-0.15, -0.1) is 0 Å². The third-order valence-corrected chi connectivity index (χ3v) is 4.08.